The van der Waals surface area contributed by atoms with Crippen molar-refractivity contribution in [2.24, 2.45) is 0 Å². The predicted octanol–water partition coefficient (Wildman–Crippen LogP) is 1.77. The van der Waals surface area contributed by atoms with E-state index in [1.54, 1.807) is 0 Å². The summed E-state index contributed by atoms with van der Waals surface area (Å²) in [5.41, 5.74) is 0.385. The van der Waals surface area contributed by atoms with Gasteiger partial charge in [0, 0.05) is 13.6 Å². The van der Waals surface area contributed by atoms with Gasteiger partial charge in [0.15, 0.2) is 0 Å². The van der Waals surface area contributed by atoms with Crippen molar-refractivity contribution >= 4 is 21.8 Å². The van der Waals surface area contributed by atoms with Crippen molar-refractivity contribution in [1.82, 2.24) is 9.62 Å². The van der Waals surface area contributed by atoms with Crippen LogP contribution in [0.15, 0.2) is 23.1 Å². The number of nitrogens with zero attached hydrogens (tertiary/aromatic N) is 1. The molecule has 1 aliphatic heterocycles. The smallest absolute Gasteiger partial charge is 0.261 e. The zero-order valence-electron chi connectivity index (χ0n) is 12.8. The maximum atomic E-state index is 12.2. The van der Waals surface area contributed by atoms with Gasteiger partial charge in [-0.1, -0.05) is 26.2 Å². The molecule has 7 heteroatoms. The van der Waals surface area contributed by atoms with Crippen molar-refractivity contribution in [3.8, 4) is 0 Å². The zero-order valence-corrected chi connectivity index (χ0v) is 13.6. The Balaban J connectivity index is 2.13. The van der Waals surface area contributed by atoms with Crippen molar-refractivity contribution in [1.29, 1.82) is 0 Å². The van der Waals surface area contributed by atoms with Crippen LogP contribution in [-0.4, -0.2) is 38.7 Å². The third-order valence-electron chi connectivity index (χ3n) is 3.69. The summed E-state index contributed by atoms with van der Waals surface area (Å²) in [6, 6.07) is 4.02. The molecule has 1 aliphatic rings. The molecule has 0 saturated heterocycles. The third-order valence-corrected chi connectivity index (χ3v) is 5.15. The average Bonchev–Trinajstić information content (AvgIpc) is 2.71. The van der Waals surface area contributed by atoms with Crippen LogP contribution >= 0.6 is 0 Å². The molecule has 0 aromatic heterocycles. The van der Waals surface area contributed by atoms with Crippen LogP contribution in [0.25, 0.3) is 0 Å². The van der Waals surface area contributed by atoms with E-state index in [1.807, 2.05) is 0 Å². The fourth-order valence-electron chi connectivity index (χ4n) is 2.35. The first-order chi connectivity index (χ1) is 10.4. The lowest BCUT2D eigenvalue weighted by Gasteiger charge is -2.07. The van der Waals surface area contributed by atoms with Gasteiger partial charge in [-0.2, -0.15) is 0 Å². The normalized spacial score (nSPS) is 14.5. The SMILES string of the molecule is CCCCCCNS(=O)(=O)c1ccc2c(c1)C(=O)N(C)C2=O. The second-order valence-corrected chi connectivity index (χ2v) is 7.10. The molecule has 1 heterocycles. The number of fused-ring (bicyclic) bond motifs is 1. The highest BCUT2D eigenvalue weighted by atomic mass is 32.2. The molecule has 120 valence electrons. The Morgan fingerprint density at radius 2 is 1.73 bits per heavy atom. The second kappa shape index (κ2) is 6.58. The predicted molar refractivity (Wildman–Crippen MR) is 82.2 cm³/mol. The number of amides is 2. The summed E-state index contributed by atoms with van der Waals surface area (Å²) in [6.07, 6.45) is 3.91. The molecule has 1 aromatic rings. The van der Waals surface area contributed by atoms with Crippen LogP contribution in [0, 0.1) is 0 Å². The Morgan fingerprint density at radius 1 is 1.05 bits per heavy atom. The molecule has 1 aromatic carbocycles. The maximum absolute atomic E-state index is 12.2. The van der Waals surface area contributed by atoms with Crippen LogP contribution in [0.1, 0.15) is 53.3 Å². The van der Waals surface area contributed by atoms with Crippen LogP contribution in [0.5, 0.6) is 0 Å². The number of rotatable bonds is 7. The molecular formula is C15H20N2O4S. The van der Waals surface area contributed by atoms with Crippen molar-refractivity contribution in [2.45, 2.75) is 37.5 Å². The number of hydrogen-bond acceptors (Lipinski definition) is 4. The molecule has 0 fully saturated rings. The Hall–Kier alpha value is -1.73. The van der Waals surface area contributed by atoms with Crippen molar-refractivity contribution < 1.29 is 18.0 Å². The molecule has 2 amide bonds. The molecule has 6 nitrogen and oxygen atoms in total. The standard InChI is InChI=1S/C15H20N2O4S/c1-3-4-5-6-9-16-22(20,21)11-7-8-12-13(10-11)15(19)17(2)14(12)18/h7-8,10,16H,3-6,9H2,1-2H3. The number of unbranched alkanes of at least 4 members (excludes halogenated alkanes) is 3. The summed E-state index contributed by atoms with van der Waals surface area (Å²) in [5, 5.41) is 0. The van der Waals surface area contributed by atoms with E-state index in [4.69, 9.17) is 0 Å². The highest BCUT2D eigenvalue weighted by Gasteiger charge is 2.33. The molecule has 0 bridgehead atoms. The van der Waals surface area contributed by atoms with E-state index in [-0.39, 0.29) is 16.0 Å². The summed E-state index contributed by atoms with van der Waals surface area (Å²) < 4.78 is 27.0. The van der Waals surface area contributed by atoms with Gasteiger partial charge in [-0.3, -0.25) is 14.5 Å². The van der Waals surface area contributed by atoms with Crippen molar-refractivity contribution in [2.75, 3.05) is 13.6 Å². The maximum Gasteiger partial charge on any atom is 0.261 e. The Kier molecular flexibility index (Phi) is 4.97. The molecule has 0 aliphatic carbocycles. The molecule has 22 heavy (non-hydrogen) atoms. The van der Waals surface area contributed by atoms with Gasteiger partial charge in [-0.15, -0.1) is 0 Å². The molecule has 0 saturated carbocycles. The summed E-state index contributed by atoms with van der Waals surface area (Å²) in [6.45, 7) is 2.45. The molecule has 1 N–H and O–H groups in total. The monoisotopic (exact) mass is 324 g/mol. The van der Waals surface area contributed by atoms with Gasteiger partial charge in [-0.25, -0.2) is 13.1 Å². The van der Waals surface area contributed by atoms with E-state index in [0.717, 1.165) is 30.6 Å². The largest absolute Gasteiger partial charge is 0.277 e. The van der Waals surface area contributed by atoms with Crippen molar-refractivity contribution in [3.05, 3.63) is 29.3 Å². The summed E-state index contributed by atoms with van der Waals surface area (Å²) in [5.74, 6) is -0.878. The van der Waals surface area contributed by atoms with E-state index < -0.39 is 21.8 Å². The van der Waals surface area contributed by atoms with E-state index in [2.05, 4.69) is 11.6 Å². The lowest BCUT2D eigenvalue weighted by Crippen LogP contribution is -2.25. The third kappa shape index (κ3) is 3.20. The number of carbonyl (C=O) groups excluding carboxylic acids is 2. The first-order valence-corrected chi connectivity index (χ1v) is 8.83. The minimum absolute atomic E-state index is 0.0122. The summed E-state index contributed by atoms with van der Waals surface area (Å²) in [7, 11) is -2.28. The van der Waals surface area contributed by atoms with Gasteiger partial charge < -0.3 is 0 Å². The van der Waals surface area contributed by atoms with E-state index in [9.17, 15) is 18.0 Å². The first kappa shape index (κ1) is 16.6. The van der Waals surface area contributed by atoms with Gasteiger partial charge in [-0.05, 0) is 24.6 Å². The molecule has 0 spiro atoms. The van der Waals surface area contributed by atoms with Crippen molar-refractivity contribution in [3.63, 3.8) is 0 Å². The molecule has 2 rings (SSSR count). The lowest BCUT2D eigenvalue weighted by molar-refractivity contribution is 0.0693. The molecule has 0 radical (unpaired) electrons. The summed E-state index contributed by atoms with van der Waals surface area (Å²) in [4.78, 5) is 24.7. The number of nitrogens with one attached hydrogen (secondary N) is 1. The molecular weight excluding hydrogens is 304 g/mol. The van der Waals surface area contributed by atoms with Crippen LogP contribution < -0.4 is 4.72 Å². The second-order valence-electron chi connectivity index (χ2n) is 5.34. The van der Waals surface area contributed by atoms with E-state index in [1.165, 1.54) is 25.2 Å². The van der Waals surface area contributed by atoms with Crippen LogP contribution in [0.4, 0.5) is 0 Å². The Morgan fingerprint density at radius 3 is 2.41 bits per heavy atom. The number of hydrogen-bond donors (Lipinski definition) is 1. The van der Waals surface area contributed by atoms with Gasteiger partial charge in [0.25, 0.3) is 11.8 Å². The molecule has 0 unspecified atom stereocenters. The fraction of sp³-hybridized carbons (Fsp3) is 0.467. The minimum Gasteiger partial charge on any atom is -0.277 e. The first-order valence-electron chi connectivity index (χ1n) is 7.34. The van der Waals surface area contributed by atoms with Gasteiger partial charge in [0.05, 0.1) is 16.0 Å². The number of carbonyl (C=O) groups is 2. The number of imide groups is 1. The minimum atomic E-state index is -3.66. The van der Waals surface area contributed by atoms with Gasteiger partial charge in [0.1, 0.15) is 0 Å². The number of benzene rings is 1. The van der Waals surface area contributed by atoms with Gasteiger partial charge in [0.2, 0.25) is 10.0 Å². The zero-order chi connectivity index (χ0) is 16.3. The molecule has 0 atom stereocenters. The topological polar surface area (TPSA) is 83.6 Å². The average molecular weight is 324 g/mol. The lowest BCUT2D eigenvalue weighted by atomic mass is 10.1. The Labute approximate surface area is 130 Å². The van der Waals surface area contributed by atoms with Gasteiger partial charge >= 0.3 is 0 Å². The Bertz CT molecular complexity index is 697. The van der Waals surface area contributed by atoms with Crippen LogP contribution in [0.2, 0.25) is 0 Å². The quantitative estimate of drug-likeness (QED) is 0.612. The fourth-order valence-corrected chi connectivity index (χ4v) is 3.45. The number of sulfonamides is 1. The summed E-state index contributed by atoms with van der Waals surface area (Å²) >= 11 is 0. The van der Waals surface area contributed by atoms with Crippen LogP contribution in [-0.2, 0) is 10.0 Å². The highest BCUT2D eigenvalue weighted by molar-refractivity contribution is 7.89. The highest BCUT2D eigenvalue weighted by Crippen LogP contribution is 2.24. The van der Waals surface area contributed by atoms with E-state index >= 15 is 0 Å². The van der Waals surface area contributed by atoms with Crippen LogP contribution in [0.3, 0.4) is 0 Å². The van der Waals surface area contributed by atoms with E-state index in [0.29, 0.717) is 6.54 Å².